The molecular formula is C17H34N4O3S2. The predicted molar refractivity (Wildman–Crippen MR) is 109 cm³/mol. The van der Waals surface area contributed by atoms with Gasteiger partial charge in [0.25, 0.3) is 0 Å². The molecule has 9 heteroatoms. The van der Waals surface area contributed by atoms with E-state index >= 15 is 0 Å². The minimum atomic E-state index is -3.31. The number of aliphatic imine (C=N–C) groups is 1. The first-order valence-corrected chi connectivity index (χ1v) is 12.3. The number of thioether (sulfide) groups is 1. The highest BCUT2D eigenvalue weighted by Crippen LogP contribution is 2.24. The molecule has 2 heterocycles. The molecule has 0 aromatic carbocycles. The van der Waals surface area contributed by atoms with Gasteiger partial charge in [-0.1, -0.05) is 13.8 Å². The van der Waals surface area contributed by atoms with E-state index in [-0.39, 0.29) is 11.9 Å². The van der Waals surface area contributed by atoms with Crippen LogP contribution in [0.2, 0.25) is 0 Å². The lowest BCUT2D eigenvalue weighted by molar-refractivity contribution is 0.0200. The van der Waals surface area contributed by atoms with Crippen molar-refractivity contribution in [2.45, 2.75) is 44.5 Å². The van der Waals surface area contributed by atoms with E-state index in [1.165, 1.54) is 0 Å². The number of hydrogen-bond acceptors (Lipinski definition) is 5. The normalized spacial score (nSPS) is 25.5. The summed E-state index contributed by atoms with van der Waals surface area (Å²) in [6, 6.07) is 0. The van der Waals surface area contributed by atoms with Crippen molar-refractivity contribution in [3.63, 3.8) is 0 Å². The maximum absolute atomic E-state index is 12.2. The molecule has 0 bridgehead atoms. The van der Waals surface area contributed by atoms with Gasteiger partial charge in [-0.25, -0.2) is 13.1 Å². The van der Waals surface area contributed by atoms with Gasteiger partial charge < -0.3 is 15.0 Å². The summed E-state index contributed by atoms with van der Waals surface area (Å²) in [6.45, 7) is 7.83. The second kappa shape index (κ2) is 10.7. The molecule has 0 amide bonds. The summed E-state index contributed by atoms with van der Waals surface area (Å²) < 4.78 is 32.6. The van der Waals surface area contributed by atoms with Gasteiger partial charge in [0.05, 0.1) is 11.9 Å². The minimum absolute atomic E-state index is 0.0121. The molecule has 2 aliphatic rings. The fraction of sp³-hybridized carbons (Fsp3) is 0.941. The second-order valence-corrected chi connectivity index (χ2v) is 10.5. The molecule has 2 rings (SSSR count). The van der Waals surface area contributed by atoms with Crippen LogP contribution in [-0.2, 0) is 14.8 Å². The van der Waals surface area contributed by atoms with Crippen LogP contribution in [0, 0.1) is 5.92 Å². The summed E-state index contributed by atoms with van der Waals surface area (Å²) in [7, 11) is -1.56. The minimum Gasteiger partial charge on any atom is -0.377 e. The zero-order chi connectivity index (χ0) is 19.0. The highest BCUT2D eigenvalue weighted by Gasteiger charge is 2.25. The topological polar surface area (TPSA) is 83.0 Å². The molecule has 0 aromatic heterocycles. The number of hydrogen-bond donors (Lipinski definition) is 2. The lowest BCUT2D eigenvalue weighted by Gasteiger charge is -2.36. The molecule has 2 N–H and O–H groups in total. The lowest BCUT2D eigenvalue weighted by Crippen LogP contribution is -2.50. The van der Waals surface area contributed by atoms with Crippen molar-refractivity contribution in [3.05, 3.63) is 0 Å². The summed E-state index contributed by atoms with van der Waals surface area (Å²) in [6.07, 6.45) is 3.12. The zero-order valence-corrected chi connectivity index (χ0v) is 17.9. The van der Waals surface area contributed by atoms with Crippen LogP contribution in [0.4, 0.5) is 0 Å². The van der Waals surface area contributed by atoms with E-state index < -0.39 is 10.0 Å². The van der Waals surface area contributed by atoms with E-state index in [9.17, 15) is 8.42 Å². The highest BCUT2D eigenvalue weighted by molar-refractivity contribution is 8.00. The maximum atomic E-state index is 12.2. The van der Waals surface area contributed by atoms with E-state index in [1.807, 2.05) is 11.8 Å². The molecule has 0 aromatic rings. The van der Waals surface area contributed by atoms with Gasteiger partial charge in [0.2, 0.25) is 10.0 Å². The van der Waals surface area contributed by atoms with Crippen LogP contribution in [0.25, 0.3) is 0 Å². The molecule has 2 unspecified atom stereocenters. The fourth-order valence-electron chi connectivity index (χ4n) is 3.16. The summed E-state index contributed by atoms with van der Waals surface area (Å²) in [4.78, 5) is 6.56. The third-order valence-electron chi connectivity index (χ3n) is 4.81. The van der Waals surface area contributed by atoms with Crippen molar-refractivity contribution in [3.8, 4) is 0 Å². The van der Waals surface area contributed by atoms with Gasteiger partial charge in [0, 0.05) is 50.8 Å². The molecule has 2 aliphatic heterocycles. The van der Waals surface area contributed by atoms with Crippen molar-refractivity contribution in [2.24, 2.45) is 10.9 Å². The number of sulfonamides is 1. The Morgan fingerprint density at radius 3 is 2.85 bits per heavy atom. The van der Waals surface area contributed by atoms with Gasteiger partial charge in [0.15, 0.2) is 5.96 Å². The van der Waals surface area contributed by atoms with Crippen molar-refractivity contribution in [2.75, 3.05) is 51.3 Å². The molecular weight excluding hydrogens is 372 g/mol. The Bertz CT molecular complexity index is 548. The van der Waals surface area contributed by atoms with Crippen LogP contribution in [0.15, 0.2) is 4.99 Å². The standard InChI is InChI=1S/C17H34N4O3S2/c1-14(2)16-13-21(8-10-25-16)17(18-3)19-7-11-26(22,23)20-12-15-6-4-5-9-24-15/h14-16,20H,4-13H2,1-3H3,(H,18,19). The van der Waals surface area contributed by atoms with Crippen LogP contribution >= 0.6 is 11.8 Å². The first-order chi connectivity index (χ1) is 12.4. The molecule has 2 atom stereocenters. The number of nitrogens with zero attached hydrogens (tertiary/aromatic N) is 2. The first-order valence-electron chi connectivity index (χ1n) is 9.57. The molecule has 2 saturated heterocycles. The van der Waals surface area contributed by atoms with Gasteiger partial charge in [-0.15, -0.1) is 0 Å². The Morgan fingerprint density at radius 2 is 2.19 bits per heavy atom. The maximum Gasteiger partial charge on any atom is 0.213 e. The Labute approximate surface area is 162 Å². The largest absolute Gasteiger partial charge is 0.377 e. The zero-order valence-electron chi connectivity index (χ0n) is 16.2. The summed E-state index contributed by atoms with van der Waals surface area (Å²) in [5, 5.41) is 3.80. The number of guanidine groups is 1. The third-order valence-corrected chi connectivity index (χ3v) is 7.70. The van der Waals surface area contributed by atoms with Crippen LogP contribution in [0.3, 0.4) is 0 Å². The Hall–Kier alpha value is -0.510. The van der Waals surface area contributed by atoms with Crippen molar-refractivity contribution in [1.82, 2.24) is 14.9 Å². The summed E-state index contributed by atoms with van der Waals surface area (Å²) in [5.41, 5.74) is 0. The Morgan fingerprint density at radius 1 is 1.38 bits per heavy atom. The van der Waals surface area contributed by atoms with E-state index in [2.05, 4.69) is 33.8 Å². The Balaban J connectivity index is 1.73. The van der Waals surface area contributed by atoms with Crippen LogP contribution in [0.5, 0.6) is 0 Å². The molecule has 0 aliphatic carbocycles. The number of ether oxygens (including phenoxy) is 1. The SMILES string of the molecule is CN=C(NCCS(=O)(=O)NCC1CCCCO1)N1CCSC(C(C)C)C1. The van der Waals surface area contributed by atoms with Gasteiger partial charge in [0.1, 0.15) is 0 Å². The average molecular weight is 407 g/mol. The average Bonchev–Trinajstić information content (AvgIpc) is 2.64. The lowest BCUT2D eigenvalue weighted by atomic mass is 10.1. The van der Waals surface area contributed by atoms with Crippen LogP contribution < -0.4 is 10.0 Å². The summed E-state index contributed by atoms with van der Waals surface area (Å²) in [5.74, 6) is 2.52. The Kier molecular flexibility index (Phi) is 8.99. The van der Waals surface area contributed by atoms with E-state index in [0.29, 0.717) is 24.3 Å². The molecule has 152 valence electrons. The molecule has 0 saturated carbocycles. The molecule has 0 radical (unpaired) electrons. The second-order valence-electron chi connectivity index (χ2n) is 7.23. The van der Waals surface area contributed by atoms with E-state index in [1.54, 1.807) is 7.05 Å². The quantitative estimate of drug-likeness (QED) is 0.487. The van der Waals surface area contributed by atoms with Gasteiger partial charge in [-0.2, -0.15) is 11.8 Å². The van der Waals surface area contributed by atoms with Gasteiger partial charge in [-0.05, 0) is 25.2 Å². The van der Waals surface area contributed by atoms with Crippen molar-refractivity contribution in [1.29, 1.82) is 0 Å². The monoisotopic (exact) mass is 406 g/mol. The third kappa shape index (κ3) is 7.25. The molecule has 2 fully saturated rings. The van der Waals surface area contributed by atoms with E-state index in [0.717, 1.165) is 50.7 Å². The smallest absolute Gasteiger partial charge is 0.213 e. The van der Waals surface area contributed by atoms with Crippen molar-refractivity contribution < 1.29 is 13.2 Å². The molecule has 0 spiro atoms. The highest BCUT2D eigenvalue weighted by atomic mass is 32.2. The van der Waals surface area contributed by atoms with E-state index in [4.69, 9.17) is 4.74 Å². The van der Waals surface area contributed by atoms with Crippen LogP contribution in [-0.4, -0.2) is 82.0 Å². The fourth-order valence-corrected chi connectivity index (χ4v) is 5.41. The first kappa shape index (κ1) is 21.8. The van der Waals surface area contributed by atoms with Crippen molar-refractivity contribution >= 4 is 27.7 Å². The van der Waals surface area contributed by atoms with Crippen LogP contribution in [0.1, 0.15) is 33.1 Å². The number of rotatable bonds is 7. The molecule has 26 heavy (non-hydrogen) atoms. The van der Waals surface area contributed by atoms with Gasteiger partial charge in [-0.3, -0.25) is 4.99 Å². The number of nitrogens with one attached hydrogen (secondary N) is 2. The molecule has 7 nitrogen and oxygen atoms in total. The van der Waals surface area contributed by atoms with Gasteiger partial charge >= 0.3 is 0 Å². The summed E-state index contributed by atoms with van der Waals surface area (Å²) >= 11 is 2.01. The predicted octanol–water partition coefficient (Wildman–Crippen LogP) is 1.12.